The van der Waals surface area contributed by atoms with Crippen molar-refractivity contribution in [2.24, 2.45) is 34.5 Å². The molecule has 0 aliphatic heterocycles. The maximum Gasteiger partial charge on any atom is 0.190 e. The van der Waals surface area contributed by atoms with E-state index in [9.17, 15) is 34.2 Å². The first kappa shape index (κ1) is 25.4. The largest absolute Gasteiger partial charge is 0.507 e. The summed E-state index contributed by atoms with van der Waals surface area (Å²) in [5.74, 6) is -8.63. The molecule has 4 rings (SSSR count). The molecule has 1 aromatic rings. The zero-order valence-electron chi connectivity index (χ0n) is 21.4. The number of phenolic OH excluding ortho intramolecular Hbond substituents is 1. The van der Waals surface area contributed by atoms with Gasteiger partial charge in [0.25, 0.3) is 0 Å². The standard InChI is InChI=1S/C28H34O7/c1-12(2)16-9-8-15-10-26(6)11-27(7)19(13(3)4)22(31)17(14(5)29)24(33)28(27,35)25(34)20(26)23(32)18(15)21(16)30/h8-9,12-13,17,19-20,30,35H,10-11H2,1-7H3/t17?,19?,20?,26-,27-,28+/m1/s1. The van der Waals surface area contributed by atoms with Crippen molar-refractivity contribution in [2.75, 3.05) is 0 Å². The molecule has 0 saturated heterocycles. The molecule has 188 valence electrons. The van der Waals surface area contributed by atoms with Gasteiger partial charge >= 0.3 is 0 Å². The molecule has 3 aliphatic carbocycles. The van der Waals surface area contributed by atoms with Crippen molar-refractivity contribution in [3.8, 4) is 5.75 Å². The Hall–Kier alpha value is -2.67. The number of fused-ring (bicyclic) bond motifs is 3. The van der Waals surface area contributed by atoms with Crippen LogP contribution in [0.4, 0.5) is 0 Å². The average Bonchev–Trinajstić information content (AvgIpc) is 2.69. The summed E-state index contributed by atoms with van der Waals surface area (Å²) in [5, 5.41) is 22.9. The zero-order chi connectivity index (χ0) is 26.4. The van der Waals surface area contributed by atoms with Crippen molar-refractivity contribution in [3.63, 3.8) is 0 Å². The van der Waals surface area contributed by atoms with Crippen molar-refractivity contribution < 1.29 is 34.2 Å². The fourth-order valence-corrected chi connectivity index (χ4v) is 7.61. The number of carbonyl (C=O) groups excluding carboxylic acids is 5. The van der Waals surface area contributed by atoms with Gasteiger partial charge in [0.1, 0.15) is 17.5 Å². The number of Topliss-reactive ketones (excluding diaryl/α,β-unsaturated/α-hetero) is 5. The van der Waals surface area contributed by atoms with Gasteiger partial charge in [0, 0.05) is 11.3 Å². The summed E-state index contributed by atoms with van der Waals surface area (Å²) in [5.41, 5.74) is -3.89. The molecule has 0 spiro atoms. The molecule has 2 N–H and O–H groups in total. The molecular weight excluding hydrogens is 448 g/mol. The van der Waals surface area contributed by atoms with E-state index >= 15 is 0 Å². The van der Waals surface area contributed by atoms with Gasteiger partial charge in [-0.05, 0) is 48.1 Å². The summed E-state index contributed by atoms with van der Waals surface area (Å²) in [6.07, 6.45) is 0.334. The number of aromatic hydroxyl groups is 1. The summed E-state index contributed by atoms with van der Waals surface area (Å²) in [6.45, 7) is 11.8. The molecule has 2 fully saturated rings. The molecule has 7 heteroatoms. The minimum Gasteiger partial charge on any atom is -0.507 e. The Morgan fingerprint density at radius 3 is 2.14 bits per heavy atom. The van der Waals surface area contributed by atoms with E-state index in [4.69, 9.17) is 0 Å². The average molecular weight is 483 g/mol. The molecule has 0 amide bonds. The lowest BCUT2D eigenvalue weighted by Crippen LogP contribution is -2.76. The Balaban J connectivity index is 1.97. The number of ketones is 5. The Morgan fingerprint density at radius 2 is 1.63 bits per heavy atom. The number of hydrogen-bond donors (Lipinski definition) is 2. The Morgan fingerprint density at radius 1 is 1.03 bits per heavy atom. The minimum absolute atomic E-state index is 0.0575. The van der Waals surface area contributed by atoms with Crippen LogP contribution in [0.25, 0.3) is 0 Å². The Bertz CT molecular complexity index is 1190. The topological polar surface area (TPSA) is 126 Å². The third-order valence-corrected chi connectivity index (χ3v) is 8.90. The van der Waals surface area contributed by atoms with Gasteiger partial charge in [-0.1, -0.05) is 53.7 Å². The van der Waals surface area contributed by atoms with Crippen molar-refractivity contribution >= 4 is 28.9 Å². The van der Waals surface area contributed by atoms with Gasteiger partial charge in [0.15, 0.2) is 28.7 Å². The number of aliphatic hydroxyl groups is 1. The van der Waals surface area contributed by atoms with Gasteiger partial charge in [-0.25, -0.2) is 0 Å². The van der Waals surface area contributed by atoms with E-state index in [0.717, 1.165) is 6.92 Å². The molecule has 3 unspecified atom stereocenters. The predicted octanol–water partition coefficient (Wildman–Crippen LogP) is 3.22. The second-order valence-electron chi connectivity index (χ2n) is 12.0. The number of hydrogen-bond acceptors (Lipinski definition) is 7. The Labute approximate surface area is 205 Å². The van der Waals surface area contributed by atoms with Crippen molar-refractivity contribution in [1.82, 2.24) is 0 Å². The van der Waals surface area contributed by atoms with Crippen molar-refractivity contribution in [2.45, 2.75) is 72.8 Å². The fraction of sp³-hybridized carbons (Fsp3) is 0.607. The second kappa shape index (κ2) is 7.66. The van der Waals surface area contributed by atoms with E-state index in [1.165, 1.54) is 0 Å². The van der Waals surface area contributed by atoms with Crippen LogP contribution < -0.4 is 0 Å². The van der Waals surface area contributed by atoms with Gasteiger partial charge in [0.2, 0.25) is 0 Å². The van der Waals surface area contributed by atoms with E-state index in [1.807, 2.05) is 13.8 Å². The molecule has 0 bridgehead atoms. The van der Waals surface area contributed by atoms with Gasteiger partial charge in [-0.15, -0.1) is 0 Å². The first-order chi connectivity index (χ1) is 16.0. The van der Waals surface area contributed by atoms with Crippen LogP contribution in [-0.4, -0.2) is 44.7 Å². The molecule has 3 aliphatic rings. The number of benzene rings is 1. The summed E-state index contributed by atoms with van der Waals surface area (Å²) in [4.78, 5) is 67.4. The van der Waals surface area contributed by atoms with Crippen molar-refractivity contribution in [3.05, 3.63) is 28.8 Å². The van der Waals surface area contributed by atoms with Gasteiger partial charge in [-0.2, -0.15) is 0 Å². The van der Waals surface area contributed by atoms with E-state index < -0.39 is 63.1 Å². The predicted molar refractivity (Wildman–Crippen MR) is 127 cm³/mol. The normalized spacial score (nSPS) is 36.8. The SMILES string of the molecule is CC(=O)C1C(=O)C(C(C)C)[C@@]2(C)C[C@@]3(C)Cc4ccc(C(C)C)c(O)c4C(=O)C3C(=O)[C@@]2(O)C1=O. The van der Waals surface area contributed by atoms with Crippen LogP contribution in [0.5, 0.6) is 5.75 Å². The first-order valence-electron chi connectivity index (χ1n) is 12.3. The van der Waals surface area contributed by atoms with Crippen molar-refractivity contribution in [1.29, 1.82) is 0 Å². The zero-order valence-corrected chi connectivity index (χ0v) is 21.4. The lowest BCUT2D eigenvalue weighted by atomic mass is 9.40. The molecule has 2 saturated carbocycles. The highest BCUT2D eigenvalue weighted by Gasteiger charge is 2.76. The number of carbonyl (C=O) groups is 5. The van der Waals surface area contributed by atoms with Crippen LogP contribution in [0, 0.1) is 34.5 Å². The minimum atomic E-state index is -2.66. The Kier molecular flexibility index (Phi) is 5.57. The molecule has 6 atom stereocenters. The molecule has 7 nitrogen and oxygen atoms in total. The first-order valence-corrected chi connectivity index (χ1v) is 12.3. The monoisotopic (exact) mass is 482 g/mol. The van der Waals surface area contributed by atoms with Crippen LogP contribution >= 0.6 is 0 Å². The molecule has 0 radical (unpaired) electrons. The van der Waals surface area contributed by atoms with Gasteiger partial charge in [0.05, 0.1) is 11.5 Å². The molecule has 35 heavy (non-hydrogen) atoms. The van der Waals surface area contributed by atoms with E-state index in [-0.39, 0.29) is 36.0 Å². The summed E-state index contributed by atoms with van der Waals surface area (Å²) in [6, 6.07) is 3.57. The third kappa shape index (κ3) is 3.03. The third-order valence-electron chi connectivity index (χ3n) is 8.90. The van der Waals surface area contributed by atoms with Gasteiger partial charge in [-0.3, -0.25) is 24.0 Å². The highest BCUT2D eigenvalue weighted by molar-refractivity contribution is 6.32. The fourth-order valence-electron chi connectivity index (χ4n) is 7.61. The summed E-state index contributed by atoms with van der Waals surface area (Å²) in [7, 11) is 0. The van der Waals surface area contributed by atoms with Crippen LogP contribution in [-0.2, 0) is 25.6 Å². The lowest BCUT2D eigenvalue weighted by molar-refractivity contribution is -0.205. The molecule has 0 heterocycles. The summed E-state index contributed by atoms with van der Waals surface area (Å²) >= 11 is 0. The quantitative estimate of drug-likeness (QED) is 0.634. The second-order valence-corrected chi connectivity index (χ2v) is 12.0. The maximum absolute atomic E-state index is 14.1. The smallest absolute Gasteiger partial charge is 0.190 e. The van der Waals surface area contributed by atoms with E-state index in [0.29, 0.717) is 11.1 Å². The lowest BCUT2D eigenvalue weighted by Gasteiger charge is -2.61. The molecule has 1 aromatic carbocycles. The van der Waals surface area contributed by atoms with E-state index in [2.05, 4.69) is 0 Å². The summed E-state index contributed by atoms with van der Waals surface area (Å²) < 4.78 is 0. The van der Waals surface area contributed by atoms with E-state index in [1.54, 1.807) is 39.8 Å². The van der Waals surface area contributed by atoms with Crippen LogP contribution in [0.2, 0.25) is 0 Å². The number of rotatable bonds is 3. The highest BCUT2D eigenvalue weighted by atomic mass is 16.3. The molecular formula is C28H34O7. The van der Waals surface area contributed by atoms with Crippen LogP contribution in [0.15, 0.2) is 12.1 Å². The number of phenols is 1. The maximum atomic E-state index is 14.1. The highest BCUT2D eigenvalue weighted by Crippen LogP contribution is 2.63. The van der Waals surface area contributed by atoms with Gasteiger partial charge < -0.3 is 10.2 Å². The van der Waals surface area contributed by atoms with Crippen LogP contribution in [0.1, 0.15) is 82.3 Å². The molecule has 0 aromatic heterocycles. The van der Waals surface area contributed by atoms with Crippen LogP contribution in [0.3, 0.4) is 0 Å².